The number of aromatic nitrogens is 2. The second-order valence-electron chi connectivity index (χ2n) is 8.02. The number of alkyl carbamates (subject to hydrolysis) is 1. The van der Waals surface area contributed by atoms with Crippen molar-refractivity contribution < 1.29 is 18.8 Å². The zero-order valence-electron chi connectivity index (χ0n) is 15.6. The molecule has 0 saturated heterocycles. The summed E-state index contributed by atoms with van der Waals surface area (Å²) in [6, 6.07) is -0.0163. The largest absolute Gasteiger partial charge is 0.444 e. The van der Waals surface area contributed by atoms with Crippen LogP contribution in [0.15, 0.2) is 10.6 Å². The lowest BCUT2D eigenvalue weighted by Gasteiger charge is -2.23. The molecule has 0 aromatic carbocycles. The lowest BCUT2D eigenvalue weighted by Crippen LogP contribution is -2.38. The van der Waals surface area contributed by atoms with Crippen molar-refractivity contribution >= 4 is 11.7 Å². The monoisotopic (exact) mass is 349 g/mol. The zero-order chi connectivity index (χ0) is 18.2. The molecule has 0 radical (unpaired) electrons. The van der Waals surface area contributed by atoms with Crippen LogP contribution in [0.2, 0.25) is 0 Å². The Morgan fingerprint density at radius 3 is 2.64 bits per heavy atom. The van der Waals surface area contributed by atoms with Crippen molar-refractivity contribution in [3.05, 3.63) is 17.8 Å². The molecule has 7 nitrogen and oxygen atoms in total. The fourth-order valence-corrected chi connectivity index (χ4v) is 3.11. The Labute approximate surface area is 148 Å². The van der Waals surface area contributed by atoms with Gasteiger partial charge in [0.1, 0.15) is 11.2 Å². The maximum atomic E-state index is 11.9. The summed E-state index contributed by atoms with van der Waals surface area (Å²) >= 11 is 0. The van der Waals surface area contributed by atoms with Crippen LogP contribution in [0.25, 0.3) is 5.57 Å². The quantitative estimate of drug-likeness (QED) is 0.876. The molecule has 1 aromatic heterocycles. The van der Waals surface area contributed by atoms with E-state index in [1.807, 2.05) is 33.8 Å². The molecular weight excluding hydrogens is 322 g/mol. The molecule has 1 N–H and O–H groups in total. The van der Waals surface area contributed by atoms with E-state index < -0.39 is 17.3 Å². The molecule has 7 heteroatoms. The number of hydrogen-bond acceptors (Lipinski definition) is 6. The Hall–Kier alpha value is -1.89. The Morgan fingerprint density at radius 1 is 1.32 bits per heavy atom. The van der Waals surface area contributed by atoms with Gasteiger partial charge in [0.15, 0.2) is 0 Å². The summed E-state index contributed by atoms with van der Waals surface area (Å²) in [7, 11) is 1.68. The standard InChI is InChI=1S/C18H27N3O4/c1-17(2,3)24-16(22)19-13-9-6-11(10-13)14-20-15(21-25-14)18(4,23-5)12-7-8-12/h6,12-13H,7-10H2,1-5H3,(H,19,22). The third kappa shape index (κ3) is 4.03. The number of nitrogens with zero attached hydrogens (tertiary/aromatic N) is 2. The lowest BCUT2D eigenvalue weighted by atomic mass is 9.99. The highest BCUT2D eigenvalue weighted by Crippen LogP contribution is 2.47. The summed E-state index contributed by atoms with van der Waals surface area (Å²) in [5, 5.41) is 7.02. The number of hydrogen-bond donors (Lipinski definition) is 1. The van der Waals surface area contributed by atoms with Gasteiger partial charge in [-0.3, -0.25) is 0 Å². The molecule has 2 unspecified atom stereocenters. The minimum Gasteiger partial charge on any atom is -0.444 e. The van der Waals surface area contributed by atoms with Crippen LogP contribution in [0.4, 0.5) is 4.79 Å². The van der Waals surface area contributed by atoms with Gasteiger partial charge in [0.25, 0.3) is 5.89 Å². The van der Waals surface area contributed by atoms with Crippen molar-refractivity contribution in [2.45, 2.75) is 70.6 Å². The summed E-state index contributed by atoms with van der Waals surface area (Å²) in [6.45, 7) is 7.54. The second-order valence-corrected chi connectivity index (χ2v) is 8.02. The molecule has 1 heterocycles. The van der Waals surface area contributed by atoms with Crippen LogP contribution in [-0.4, -0.2) is 35.0 Å². The predicted molar refractivity (Wildman–Crippen MR) is 91.8 cm³/mol. The first-order valence-electron chi connectivity index (χ1n) is 8.79. The van der Waals surface area contributed by atoms with Crippen LogP contribution in [0.1, 0.15) is 65.1 Å². The Kier molecular flexibility index (Phi) is 4.62. The number of methoxy groups -OCH3 is 1. The molecule has 25 heavy (non-hydrogen) atoms. The highest BCUT2D eigenvalue weighted by Gasteiger charge is 2.46. The van der Waals surface area contributed by atoms with Gasteiger partial charge in [-0.15, -0.1) is 0 Å². The first kappa shape index (κ1) is 17.9. The van der Waals surface area contributed by atoms with Gasteiger partial charge in [-0.25, -0.2) is 4.79 Å². The van der Waals surface area contributed by atoms with Gasteiger partial charge in [0.2, 0.25) is 5.82 Å². The number of amides is 1. The maximum Gasteiger partial charge on any atom is 0.407 e. The van der Waals surface area contributed by atoms with Crippen molar-refractivity contribution in [3.63, 3.8) is 0 Å². The fraction of sp³-hybridized carbons (Fsp3) is 0.722. The number of ether oxygens (including phenoxy) is 2. The Morgan fingerprint density at radius 2 is 2.04 bits per heavy atom. The van der Waals surface area contributed by atoms with E-state index in [1.165, 1.54) is 0 Å². The minimum atomic E-state index is -0.506. The fourth-order valence-electron chi connectivity index (χ4n) is 3.11. The molecule has 2 atom stereocenters. The third-order valence-corrected chi connectivity index (χ3v) is 4.76. The van der Waals surface area contributed by atoms with Gasteiger partial charge in [0.05, 0.1) is 0 Å². The van der Waals surface area contributed by atoms with E-state index in [-0.39, 0.29) is 6.04 Å². The number of carbonyl (C=O) groups is 1. The van der Waals surface area contributed by atoms with E-state index in [2.05, 4.69) is 15.5 Å². The average Bonchev–Trinajstić information content (AvgIpc) is 3.07. The van der Waals surface area contributed by atoms with E-state index in [1.54, 1.807) is 7.11 Å². The van der Waals surface area contributed by atoms with Crippen LogP contribution in [-0.2, 0) is 15.1 Å². The average molecular weight is 349 g/mol. The lowest BCUT2D eigenvalue weighted by molar-refractivity contribution is -0.0269. The van der Waals surface area contributed by atoms with Gasteiger partial charge in [-0.05, 0) is 59.3 Å². The highest BCUT2D eigenvalue weighted by atomic mass is 16.6. The number of nitrogens with one attached hydrogen (secondary N) is 1. The number of rotatable bonds is 5. The molecule has 0 spiro atoms. The smallest absolute Gasteiger partial charge is 0.407 e. The molecule has 0 aliphatic heterocycles. The molecule has 1 saturated carbocycles. The highest BCUT2D eigenvalue weighted by molar-refractivity contribution is 5.70. The van der Waals surface area contributed by atoms with Crippen LogP contribution < -0.4 is 5.32 Å². The van der Waals surface area contributed by atoms with Crippen molar-refractivity contribution in [2.75, 3.05) is 7.11 Å². The predicted octanol–water partition coefficient (Wildman–Crippen LogP) is 3.41. The Balaban J connectivity index is 1.60. The summed E-state index contributed by atoms with van der Waals surface area (Å²) in [5.74, 6) is 1.55. The van der Waals surface area contributed by atoms with Crippen molar-refractivity contribution in [1.29, 1.82) is 0 Å². The maximum absolute atomic E-state index is 11.9. The third-order valence-electron chi connectivity index (χ3n) is 4.76. The van der Waals surface area contributed by atoms with E-state index >= 15 is 0 Å². The molecule has 1 amide bonds. The van der Waals surface area contributed by atoms with Crippen LogP contribution in [0, 0.1) is 5.92 Å². The molecule has 2 aliphatic carbocycles. The number of carbonyl (C=O) groups excluding carboxylic acids is 1. The van der Waals surface area contributed by atoms with E-state index in [9.17, 15) is 4.79 Å². The normalized spacial score (nSPS) is 23.1. The van der Waals surface area contributed by atoms with Gasteiger partial charge in [-0.1, -0.05) is 11.2 Å². The first-order valence-corrected chi connectivity index (χ1v) is 8.79. The SMILES string of the molecule is COC(C)(c1noc(C2=CCC(NC(=O)OC(C)(C)C)C2)n1)C1CC1. The van der Waals surface area contributed by atoms with Crippen LogP contribution >= 0.6 is 0 Å². The molecule has 138 valence electrons. The molecule has 1 aromatic rings. The van der Waals surface area contributed by atoms with Gasteiger partial charge >= 0.3 is 6.09 Å². The van der Waals surface area contributed by atoms with Crippen LogP contribution in [0.3, 0.4) is 0 Å². The van der Waals surface area contributed by atoms with Crippen LogP contribution in [0.5, 0.6) is 0 Å². The molecule has 1 fully saturated rings. The van der Waals surface area contributed by atoms with E-state index in [0.29, 0.717) is 24.1 Å². The summed E-state index contributed by atoms with van der Waals surface area (Å²) in [5.41, 5.74) is -0.0444. The summed E-state index contributed by atoms with van der Waals surface area (Å²) < 4.78 is 16.4. The zero-order valence-corrected chi connectivity index (χ0v) is 15.6. The van der Waals surface area contributed by atoms with Crippen molar-refractivity contribution in [1.82, 2.24) is 15.5 Å². The molecular formula is C18H27N3O4. The van der Waals surface area contributed by atoms with Crippen molar-refractivity contribution in [2.24, 2.45) is 5.92 Å². The minimum absolute atomic E-state index is 0.0163. The topological polar surface area (TPSA) is 86.5 Å². The molecule has 0 bridgehead atoms. The van der Waals surface area contributed by atoms with E-state index in [0.717, 1.165) is 24.8 Å². The van der Waals surface area contributed by atoms with E-state index in [4.69, 9.17) is 14.0 Å². The summed E-state index contributed by atoms with van der Waals surface area (Å²) in [6.07, 6.45) is 5.24. The van der Waals surface area contributed by atoms with Gasteiger partial charge in [0, 0.05) is 18.7 Å². The van der Waals surface area contributed by atoms with Crippen molar-refractivity contribution in [3.8, 4) is 0 Å². The van der Waals surface area contributed by atoms with Gasteiger partial charge < -0.3 is 19.3 Å². The summed E-state index contributed by atoms with van der Waals surface area (Å²) in [4.78, 5) is 16.4. The second kappa shape index (κ2) is 6.44. The molecule has 2 aliphatic rings. The molecule has 3 rings (SSSR count). The van der Waals surface area contributed by atoms with Gasteiger partial charge in [-0.2, -0.15) is 4.98 Å². The first-order chi connectivity index (χ1) is 11.7. The Bertz CT molecular complexity index is 672.